The first-order chi connectivity index (χ1) is 3.72. The number of carbonyl (C=O) groups excluding carboxylic acids is 1. The van der Waals surface area contributed by atoms with Crippen LogP contribution < -0.4 is 0 Å². The van der Waals surface area contributed by atoms with Gasteiger partial charge < -0.3 is 0 Å². The van der Waals surface area contributed by atoms with E-state index in [-0.39, 0.29) is 11.3 Å². The van der Waals surface area contributed by atoms with E-state index in [1.54, 1.807) is 6.92 Å². The van der Waals surface area contributed by atoms with Crippen molar-refractivity contribution in [2.45, 2.75) is 12.3 Å². The Kier molecular flexibility index (Phi) is 1.44. The fourth-order valence-corrected chi connectivity index (χ4v) is 1.31. The molecule has 0 aromatic heterocycles. The van der Waals surface area contributed by atoms with Crippen LogP contribution in [0, 0.1) is 0 Å². The molecule has 4 heteroatoms. The highest BCUT2D eigenvalue weighted by molar-refractivity contribution is 8.00. The van der Waals surface area contributed by atoms with Gasteiger partial charge in [0.05, 0.1) is 5.75 Å². The summed E-state index contributed by atoms with van der Waals surface area (Å²) < 4.78 is 0. The van der Waals surface area contributed by atoms with Crippen molar-refractivity contribution in [3.05, 3.63) is 0 Å². The molecule has 46 valence electrons. The van der Waals surface area contributed by atoms with Crippen LogP contribution in [0.1, 0.15) is 6.92 Å². The Morgan fingerprint density at radius 2 is 2.62 bits per heavy atom. The molecule has 1 fully saturated rings. The Labute approximate surface area is 51.6 Å². The van der Waals surface area contributed by atoms with Crippen molar-refractivity contribution in [3.8, 4) is 0 Å². The molecule has 8 heavy (non-hydrogen) atoms. The summed E-state index contributed by atoms with van der Waals surface area (Å²) in [6, 6.07) is 0. The summed E-state index contributed by atoms with van der Waals surface area (Å²) in [7, 11) is 0. The van der Waals surface area contributed by atoms with Crippen molar-refractivity contribution in [1.82, 2.24) is 5.06 Å². The lowest BCUT2D eigenvalue weighted by Crippen LogP contribution is -2.26. The van der Waals surface area contributed by atoms with Crippen molar-refractivity contribution in [3.63, 3.8) is 0 Å². The summed E-state index contributed by atoms with van der Waals surface area (Å²) >= 11 is 1.44. The molecule has 0 bridgehead atoms. The summed E-state index contributed by atoms with van der Waals surface area (Å²) in [5, 5.41) is 9.44. The summed E-state index contributed by atoms with van der Waals surface area (Å²) in [4.78, 5) is 10.4. The van der Waals surface area contributed by atoms with Gasteiger partial charge in [-0.2, -0.15) is 0 Å². The molecule has 0 aromatic rings. The van der Waals surface area contributed by atoms with E-state index in [9.17, 15) is 4.79 Å². The molecule has 1 saturated heterocycles. The molecule has 1 aliphatic heterocycles. The summed E-state index contributed by atoms with van der Waals surface area (Å²) in [5.74, 6) is 0.222. The SMILES string of the molecule is CC1SCC(=O)N1O. The first-order valence-corrected chi connectivity index (χ1v) is 3.39. The second-order valence-corrected chi connectivity index (χ2v) is 2.95. The standard InChI is InChI=1S/C4H7NO2S/c1-3-5(7)4(6)2-8-3/h3,7H,2H2,1H3. The lowest BCUT2D eigenvalue weighted by atomic mass is 10.6. The average Bonchev–Trinajstić information content (AvgIpc) is 1.98. The van der Waals surface area contributed by atoms with Crippen LogP contribution in [0.3, 0.4) is 0 Å². The van der Waals surface area contributed by atoms with E-state index in [1.807, 2.05) is 0 Å². The molecule has 1 N–H and O–H groups in total. The van der Waals surface area contributed by atoms with E-state index in [0.29, 0.717) is 5.75 Å². The molecule has 1 rings (SSSR count). The van der Waals surface area contributed by atoms with Crippen molar-refractivity contribution < 1.29 is 10.0 Å². The largest absolute Gasteiger partial charge is 0.285 e. The van der Waals surface area contributed by atoms with Gasteiger partial charge in [-0.05, 0) is 6.92 Å². The van der Waals surface area contributed by atoms with E-state index in [4.69, 9.17) is 5.21 Å². The third-order valence-electron chi connectivity index (χ3n) is 1.05. The van der Waals surface area contributed by atoms with Crippen molar-refractivity contribution in [2.75, 3.05) is 5.75 Å². The molecule has 1 heterocycles. The highest BCUT2D eigenvalue weighted by Crippen LogP contribution is 2.21. The van der Waals surface area contributed by atoms with Gasteiger partial charge in [-0.15, -0.1) is 11.8 Å². The predicted octanol–water partition coefficient (Wildman–Crippen LogP) is 0.297. The number of carbonyl (C=O) groups is 1. The Balaban J connectivity index is 2.56. The zero-order chi connectivity index (χ0) is 6.15. The van der Waals surface area contributed by atoms with Crippen LogP contribution >= 0.6 is 11.8 Å². The van der Waals surface area contributed by atoms with Gasteiger partial charge in [-0.25, -0.2) is 5.06 Å². The summed E-state index contributed by atoms with van der Waals surface area (Å²) in [6.07, 6.45) is 0. The highest BCUT2D eigenvalue weighted by Gasteiger charge is 2.25. The molecule has 0 aromatic carbocycles. The van der Waals surface area contributed by atoms with Crippen LogP contribution in [0.15, 0.2) is 0 Å². The third kappa shape index (κ3) is 0.809. The second-order valence-electron chi connectivity index (χ2n) is 1.65. The minimum atomic E-state index is -0.192. The predicted molar refractivity (Wildman–Crippen MR) is 30.6 cm³/mol. The van der Waals surface area contributed by atoms with Crippen LogP contribution in [-0.2, 0) is 4.79 Å². The first-order valence-electron chi connectivity index (χ1n) is 2.34. The normalized spacial score (nSPS) is 29.5. The molecule has 1 amide bonds. The quantitative estimate of drug-likeness (QED) is 0.483. The minimum absolute atomic E-state index is 0.0532. The van der Waals surface area contributed by atoms with Crippen molar-refractivity contribution in [1.29, 1.82) is 0 Å². The fraction of sp³-hybridized carbons (Fsp3) is 0.750. The van der Waals surface area contributed by atoms with Gasteiger partial charge in [0.15, 0.2) is 0 Å². The number of amides is 1. The highest BCUT2D eigenvalue weighted by atomic mass is 32.2. The van der Waals surface area contributed by atoms with E-state index < -0.39 is 0 Å². The molecule has 1 aliphatic rings. The topological polar surface area (TPSA) is 40.5 Å². The molecule has 0 radical (unpaired) electrons. The monoisotopic (exact) mass is 133 g/mol. The van der Waals surface area contributed by atoms with Gasteiger partial charge in [0.25, 0.3) is 5.91 Å². The molecule has 0 aliphatic carbocycles. The van der Waals surface area contributed by atoms with Crippen molar-refractivity contribution in [2.24, 2.45) is 0 Å². The lowest BCUT2D eigenvalue weighted by Gasteiger charge is -2.09. The van der Waals surface area contributed by atoms with Gasteiger partial charge in [0.1, 0.15) is 5.37 Å². The molecule has 0 saturated carbocycles. The minimum Gasteiger partial charge on any atom is -0.285 e. The molecule has 1 unspecified atom stereocenters. The van der Waals surface area contributed by atoms with Crippen molar-refractivity contribution >= 4 is 17.7 Å². The Bertz CT molecular complexity index is 117. The molecular weight excluding hydrogens is 126 g/mol. The van der Waals surface area contributed by atoms with E-state index >= 15 is 0 Å². The smallest absolute Gasteiger partial charge is 0.257 e. The van der Waals surface area contributed by atoms with Crippen LogP contribution in [0.4, 0.5) is 0 Å². The first kappa shape index (κ1) is 5.91. The zero-order valence-electron chi connectivity index (χ0n) is 4.50. The Morgan fingerprint density at radius 3 is 2.75 bits per heavy atom. The fourth-order valence-electron chi connectivity index (χ4n) is 0.531. The Morgan fingerprint density at radius 1 is 2.00 bits per heavy atom. The molecule has 1 atom stereocenters. The maximum atomic E-state index is 10.4. The maximum Gasteiger partial charge on any atom is 0.257 e. The second kappa shape index (κ2) is 1.95. The zero-order valence-corrected chi connectivity index (χ0v) is 5.31. The number of nitrogens with zero attached hydrogens (tertiary/aromatic N) is 1. The number of hydrogen-bond acceptors (Lipinski definition) is 3. The summed E-state index contributed by atoms with van der Waals surface area (Å²) in [6.45, 7) is 1.79. The van der Waals surface area contributed by atoms with E-state index in [0.717, 1.165) is 5.06 Å². The van der Waals surface area contributed by atoms with E-state index in [2.05, 4.69) is 0 Å². The number of hydrogen-bond donors (Lipinski definition) is 1. The van der Waals surface area contributed by atoms with Gasteiger partial charge in [0.2, 0.25) is 0 Å². The maximum absolute atomic E-state index is 10.4. The number of thioether (sulfide) groups is 1. The molecule has 3 nitrogen and oxygen atoms in total. The molecule has 0 spiro atoms. The van der Waals surface area contributed by atoms with Crippen LogP contribution in [0.5, 0.6) is 0 Å². The number of hydroxylamine groups is 2. The van der Waals surface area contributed by atoms with Crippen LogP contribution in [0.25, 0.3) is 0 Å². The van der Waals surface area contributed by atoms with Crippen LogP contribution in [0.2, 0.25) is 0 Å². The number of rotatable bonds is 0. The van der Waals surface area contributed by atoms with Gasteiger partial charge in [-0.1, -0.05) is 0 Å². The van der Waals surface area contributed by atoms with Gasteiger partial charge >= 0.3 is 0 Å². The average molecular weight is 133 g/mol. The molecular formula is C4H7NO2S. The third-order valence-corrected chi connectivity index (χ3v) is 2.14. The van der Waals surface area contributed by atoms with Gasteiger partial charge in [-0.3, -0.25) is 10.0 Å². The van der Waals surface area contributed by atoms with E-state index in [1.165, 1.54) is 11.8 Å². The van der Waals surface area contributed by atoms with Crippen LogP contribution in [-0.4, -0.2) is 27.3 Å². The lowest BCUT2D eigenvalue weighted by molar-refractivity contribution is -0.161. The van der Waals surface area contributed by atoms with Gasteiger partial charge in [0, 0.05) is 0 Å². The summed E-state index contributed by atoms with van der Waals surface area (Å²) in [5.41, 5.74) is 0. The Hall–Kier alpha value is -0.220.